The molecule has 0 saturated carbocycles. The van der Waals surface area contributed by atoms with E-state index in [4.69, 9.17) is 4.74 Å². The first-order valence-corrected chi connectivity index (χ1v) is 9.31. The van der Waals surface area contributed by atoms with E-state index < -0.39 is 0 Å². The summed E-state index contributed by atoms with van der Waals surface area (Å²) >= 11 is 0. The number of nitrogens with zero attached hydrogens (tertiary/aromatic N) is 2. The molecule has 26 heavy (non-hydrogen) atoms. The Hall–Kier alpha value is -2.56. The smallest absolute Gasteiger partial charge is 0.253 e. The predicted molar refractivity (Wildman–Crippen MR) is 99.3 cm³/mol. The van der Waals surface area contributed by atoms with Gasteiger partial charge >= 0.3 is 0 Å². The van der Waals surface area contributed by atoms with Crippen LogP contribution in [0.15, 0.2) is 42.2 Å². The zero-order chi connectivity index (χ0) is 18.1. The second kappa shape index (κ2) is 6.63. The quantitative estimate of drug-likeness (QED) is 0.822. The minimum atomic E-state index is 0.0353. The van der Waals surface area contributed by atoms with Gasteiger partial charge in [-0.15, -0.1) is 0 Å². The molecule has 5 heteroatoms. The van der Waals surface area contributed by atoms with Crippen LogP contribution in [0.3, 0.4) is 0 Å². The summed E-state index contributed by atoms with van der Waals surface area (Å²) < 4.78 is 5.58. The number of carbonyl (C=O) groups excluding carboxylic acids is 2. The molecule has 0 aromatic heterocycles. The first kappa shape index (κ1) is 16.9. The van der Waals surface area contributed by atoms with Crippen LogP contribution in [0, 0.1) is 5.41 Å². The first-order chi connectivity index (χ1) is 12.6. The van der Waals surface area contributed by atoms with Crippen molar-refractivity contribution in [2.75, 3.05) is 26.2 Å². The van der Waals surface area contributed by atoms with Gasteiger partial charge in [0, 0.05) is 49.2 Å². The fourth-order valence-electron chi connectivity index (χ4n) is 4.21. The number of hydrogen-bond acceptors (Lipinski definition) is 3. The van der Waals surface area contributed by atoms with Crippen molar-refractivity contribution in [3.05, 3.63) is 47.7 Å². The third-order valence-electron chi connectivity index (χ3n) is 5.82. The zero-order valence-electron chi connectivity index (χ0n) is 15.1. The van der Waals surface area contributed by atoms with E-state index in [2.05, 4.69) is 0 Å². The van der Waals surface area contributed by atoms with Crippen LogP contribution < -0.4 is 4.74 Å². The summed E-state index contributed by atoms with van der Waals surface area (Å²) in [6.45, 7) is 5.06. The number of ether oxygens (including phenoxy) is 1. The average Bonchev–Trinajstić information content (AvgIpc) is 2.83. The highest BCUT2D eigenvalue weighted by Crippen LogP contribution is 2.41. The SMILES string of the molecule is CCN1CC2(CCN(C(=O)C3=Cc4ccccc4OC=C3)CC2)CC1=O. The summed E-state index contributed by atoms with van der Waals surface area (Å²) in [5.41, 5.74) is 1.62. The molecule has 0 aliphatic carbocycles. The average molecular weight is 352 g/mol. The molecule has 3 heterocycles. The van der Waals surface area contributed by atoms with E-state index in [0.717, 1.165) is 37.2 Å². The van der Waals surface area contributed by atoms with Crippen molar-refractivity contribution >= 4 is 17.9 Å². The van der Waals surface area contributed by atoms with E-state index in [-0.39, 0.29) is 17.2 Å². The molecule has 0 N–H and O–H groups in total. The molecule has 2 fully saturated rings. The zero-order valence-corrected chi connectivity index (χ0v) is 15.1. The highest BCUT2D eigenvalue weighted by molar-refractivity contribution is 6.01. The van der Waals surface area contributed by atoms with Gasteiger partial charge in [-0.25, -0.2) is 0 Å². The fraction of sp³-hybridized carbons (Fsp3) is 0.429. The molecule has 3 aliphatic rings. The Bertz CT molecular complexity index is 788. The second-order valence-corrected chi connectivity index (χ2v) is 7.43. The second-order valence-electron chi connectivity index (χ2n) is 7.43. The molecule has 1 aromatic rings. The Morgan fingerprint density at radius 1 is 1.23 bits per heavy atom. The van der Waals surface area contributed by atoms with Crippen molar-refractivity contribution in [1.29, 1.82) is 0 Å². The van der Waals surface area contributed by atoms with Gasteiger partial charge in [0.15, 0.2) is 0 Å². The Balaban J connectivity index is 1.46. The molecule has 0 unspecified atom stereocenters. The van der Waals surface area contributed by atoms with Gasteiger partial charge in [-0.1, -0.05) is 18.2 Å². The molecule has 4 rings (SSSR count). The number of rotatable bonds is 2. The van der Waals surface area contributed by atoms with Crippen molar-refractivity contribution in [3.63, 3.8) is 0 Å². The van der Waals surface area contributed by atoms with Crippen LogP contribution >= 0.6 is 0 Å². The van der Waals surface area contributed by atoms with Crippen molar-refractivity contribution in [1.82, 2.24) is 9.80 Å². The number of para-hydroxylation sites is 1. The van der Waals surface area contributed by atoms with Crippen LogP contribution in [0.25, 0.3) is 6.08 Å². The van der Waals surface area contributed by atoms with E-state index in [1.807, 2.05) is 47.1 Å². The lowest BCUT2D eigenvalue weighted by atomic mass is 9.77. The molecule has 2 saturated heterocycles. The third-order valence-corrected chi connectivity index (χ3v) is 5.82. The maximum atomic E-state index is 13.0. The standard InChI is InChI=1S/C21H24N2O3/c1-2-22-15-21(14-19(22)24)8-10-23(11-9-21)20(25)17-7-12-26-18-6-4-3-5-16(18)13-17/h3-7,12-13H,2,8-11,14-15H2,1H3. The number of benzene rings is 1. The van der Waals surface area contributed by atoms with Crippen molar-refractivity contribution in [2.24, 2.45) is 5.41 Å². The topological polar surface area (TPSA) is 49.9 Å². The van der Waals surface area contributed by atoms with Crippen LogP contribution in [0.1, 0.15) is 31.7 Å². The lowest BCUT2D eigenvalue weighted by Crippen LogP contribution is -2.44. The molecule has 2 amide bonds. The largest absolute Gasteiger partial charge is 0.464 e. The summed E-state index contributed by atoms with van der Waals surface area (Å²) in [5, 5.41) is 0. The molecule has 136 valence electrons. The number of likely N-dealkylation sites (tertiary alicyclic amines) is 2. The lowest BCUT2D eigenvalue weighted by molar-refractivity contribution is -0.128. The molecule has 5 nitrogen and oxygen atoms in total. The Morgan fingerprint density at radius 3 is 2.73 bits per heavy atom. The molecule has 0 atom stereocenters. The molecule has 0 radical (unpaired) electrons. The Labute approximate surface area is 153 Å². The summed E-state index contributed by atoms with van der Waals surface area (Å²) in [6.07, 6.45) is 7.63. The van der Waals surface area contributed by atoms with E-state index >= 15 is 0 Å². The maximum Gasteiger partial charge on any atom is 0.253 e. The summed E-state index contributed by atoms with van der Waals surface area (Å²) in [4.78, 5) is 28.9. The highest BCUT2D eigenvalue weighted by atomic mass is 16.5. The van der Waals surface area contributed by atoms with E-state index in [1.165, 1.54) is 0 Å². The van der Waals surface area contributed by atoms with E-state index in [0.29, 0.717) is 25.1 Å². The van der Waals surface area contributed by atoms with Crippen LogP contribution in [0.5, 0.6) is 5.75 Å². The molecule has 0 bridgehead atoms. The van der Waals surface area contributed by atoms with Crippen LogP contribution in [0.2, 0.25) is 0 Å². The number of amides is 2. The predicted octanol–water partition coefficient (Wildman–Crippen LogP) is 2.84. The van der Waals surface area contributed by atoms with Gasteiger partial charge in [0.1, 0.15) is 5.75 Å². The highest BCUT2D eigenvalue weighted by Gasteiger charge is 2.45. The van der Waals surface area contributed by atoms with Crippen LogP contribution in [-0.4, -0.2) is 47.8 Å². The van der Waals surface area contributed by atoms with E-state index in [9.17, 15) is 9.59 Å². The normalized spacial score (nSPS) is 21.3. The molecule has 1 aromatic carbocycles. The van der Waals surface area contributed by atoms with Crippen molar-refractivity contribution < 1.29 is 14.3 Å². The third kappa shape index (κ3) is 3.02. The summed E-state index contributed by atoms with van der Waals surface area (Å²) in [6, 6.07) is 7.70. The Morgan fingerprint density at radius 2 is 2.00 bits per heavy atom. The van der Waals surface area contributed by atoms with Crippen molar-refractivity contribution in [3.8, 4) is 5.75 Å². The molecular formula is C21H24N2O3. The number of piperidine rings is 1. The maximum absolute atomic E-state index is 13.0. The molecular weight excluding hydrogens is 328 g/mol. The number of fused-ring (bicyclic) bond motifs is 1. The summed E-state index contributed by atoms with van der Waals surface area (Å²) in [5.74, 6) is 1.05. The van der Waals surface area contributed by atoms with Gasteiger partial charge in [0.2, 0.25) is 5.91 Å². The monoisotopic (exact) mass is 352 g/mol. The summed E-state index contributed by atoms with van der Waals surface area (Å²) in [7, 11) is 0. The van der Waals surface area contributed by atoms with Crippen molar-refractivity contribution in [2.45, 2.75) is 26.2 Å². The van der Waals surface area contributed by atoms with Gasteiger partial charge in [-0.2, -0.15) is 0 Å². The lowest BCUT2D eigenvalue weighted by Gasteiger charge is -2.38. The number of hydrogen-bond donors (Lipinski definition) is 0. The fourth-order valence-corrected chi connectivity index (χ4v) is 4.21. The van der Waals surface area contributed by atoms with Gasteiger partial charge in [0.25, 0.3) is 5.91 Å². The Kier molecular flexibility index (Phi) is 4.31. The first-order valence-electron chi connectivity index (χ1n) is 9.31. The number of carbonyl (C=O) groups is 2. The molecule has 1 spiro atoms. The van der Waals surface area contributed by atoms with Crippen LogP contribution in [-0.2, 0) is 9.59 Å². The van der Waals surface area contributed by atoms with Gasteiger partial charge in [-0.05, 0) is 38.0 Å². The minimum absolute atomic E-state index is 0.0353. The van der Waals surface area contributed by atoms with E-state index in [1.54, 1.807) is 12.3 Å². The van der Waals surface area contributed by atoms with Gasteiger partial charge in [-0.3, -0.25) is 9.59 Å². The van der Waals surface area contributed by atoms with Crippen LogP contribution in [0.4, 0.5) is 0 Å². The van der Waals surface area contributed by atoms with Gasteiger partial charge in [0.05, 0.1) is 6.26 Å². The minimum Gasteiger partial charge on any atom is -0.464 e. The molecule has 3 aliphatic heterocycles. The van der Waals surface area contributed by atoms with Gasteiger partial charge < -0.3 is 14.5 Å².